The van der Waals surface area contributed by atoms with Gasteiger partial charge >= 0.3 is 5.88 Å². The Bertz CT molecular complexity index is 967. The van der Waals surface area contributed by atoms with Crippen LogP contribution in [-0.4, -0.2) is 55.3 Å². The summed E-state index contributed by atoms with van der Waals surface area (Å²) in [5, 5.41) is 20.0. The molecule has 3 aromatic rings. The summed E-state index contributed by atoms with van der Waals surface area (Å²) >= 11 is 2.84. The first-order valence-electron chi connectivity index (χ1n) is 8.90. The van der Waals surface area contributed by atoms with Gasteiger partial charge in [-0.2, -0.15) is 0 Å². The van der Waals surface area contributed by atoms with Crippen LogP contribution in [0.15, 0.2) is 49.7 Å². The molecule has 0 aliphatic carbocycles. The number of aromatic nitrogens is 3. The molecule has 0 N–H and O–H groups in total. The van der Waals surface area contributed by atoms with Crippen LogP contribution in [0.5, 0.6) is 5.75 Å². The minimum Gasteiger partial charge on any atom is -0.861 e. The van der Waals surface area contributed by atoms with Crippen LogP contribution in [0.1, 0.15) is 0 Å². The van der Waals surface area contributed by atoms with E-state index in [1.807, 2.05) is 34.7 Å². The Morgan fingerprint density at radius 1 is 1.34 bits per heavy atom. The van der Waals surface area contributed by atoms with E-state index < -0.39 is 0 Å². The van der Waals surface area contributed by atoms with Crippen molar-refractivity contribution in [3.05, 3.63) is 35.8 Å². The van der Waals surface area contributed by atoms with Gasteiger partial charge in [0.1, 0.15) is 5.75 Å². The summed E-state index contributed by atoms with van der Waals surface area (Å²) in [4.78, 5) is 10.1. The van der Waals surface area contributed by atoms with Crippen molar-refractivity contribution in [2.45, 2.75) is 4.34 Å². The number of methoxy groups -OCH3 is 1. The van der Waals surface area contributed by atoms with E-state index in [-0.39, 0.29) is 17.5 Å². The normalized spacial score (nSPS) is 14.9. The first kappa shape index (κ1) is 19.7. The molecule has 0 bridgehead atoms. The van der Waals surface area contributed by atoms with Crippen LogP contribution in [0.3, 0.4) is 0 Å². The number of hydrogen-bond acceptors (Lipinski definition) is 10. The topological polar surface area (TPSA) is 99.9 Å². The Balaban J connectivity index is 1.34. The lowest BCUT2D eigenvalue weighted by molar-refractivity contribution is -0.759. The van der Waals surface area contributed by atoms with Gasteiger partial charge in [0.15, 0.2) is 4.34 Å². The smallest absolute Gasteiger partial charge is 0.324 e. The molecule has 152 valence electrons. The van der Waals surface area contributed by atoms with Crippen molar-refractivity contribution < 1.29 is 23.9 Å². The van der Waals surface area contributed by atoms with Crippen molar-refractivity contribution >= 4 is 34.9 Å². The van der Waals surface area contributed by atoms with Gasteiger partial charge in [-0.1, -0.05) is 11.8 Å². The predicted octanol–water partition coefficient (Wildman–Crippen LogP) is 1.24. The molecule has 1 aliphatic rings. The van der Waals surface area contributed by atoms with Gasteiger partial charge in [-0.25, -0.2) is 9.98 Å². The first-order valence-corrected chi connectivity index (χ1v) is 10.8. The summed E-state index contributed by atoms with van der Waals surface area (Å²) < 4.78 is 16.4. The molecule has 0 radical (unpaired) electrons. The lowest BCUT2D eigenvalue weighted by Crippen LogP contribution is -2.62. The fourth-order valence-corrected chi connectivity index (χ4v) is 4.29. The van der Waals surface area contributed by atoms with Crippen LogP contribution in [0.4, 0.5) is 5.88 Å². The lowest BCUT2D eigenvalue weighted by atomic mass is 10.2. The molecule has 0 unspecified atom stereocenters. The van der Waals surface area contributed by atoms with Crippen molar-refractivity contribution in [3.8, 4) is 17.0 Å². The van der Waals surface area contributed by atoms with Gasteiger partial charge in [-0.3, -0.25) is 4.52 Å². The minimum atomic E-state index is -0.304. The van der Waals surface area contributed by atoms with Gasteiger partial charge < -0.3 is 14.6 Å². The molecule has 2 aromatic heterocycles. The van der Waals surface area contributed by atoms with Crippen LogP contribution in [-0.2, 0) is 4.74 Å². The molecule has 29 heavy (non-hydrogen) atoms. The van der Waals surface area contributed by atoms with E-state index in [9.17, 15) is 5.11 Å². The number of benzene rings is 1. The Morgan fingerprint density at radius 2 is 2.14 bits per heavy atom. The predicted molar refractivity (Wildman–Crippen MR) is 107 cm³/mol. The van der Waals surface area contributed by atoms with E-state index >= 15 is 0 Å². The third-order valence-electron chi connectivity index (χ3n) is 4.14. The number of morpholine rings is 1. The van der Waals surface area contributed by atoms with E-state index in [4.69, 9.17) is 14.0 Å². The van der Waals surface area contributed by atoms with Crippen LogP contribution in [0.25, 0.3) is 11.3 Å². The quantitative estimate of drug-likeness (QED) is 0.238. The SMILES string of the molecule is COc1ccc(-c2csc(SC/C([O-])=N\c3c[n+](N4CCOCC4)no3)n2)cc1. The summed E-state index contributed by atoms with van der Waals surface area (Å²) in [6.45, 7) is 2.69. The molecule has 3 heterocycles. The van der Waals surface area contributed by atoms with E-state index in [0.29, 0.717) is 26.3 Å². The van der Waals surface area contributed by atoms with Crippen molar-refractivity contribution in [1.82, 2.24) is 10.3 Å². The van der Waals surface area contributed by atoms with Gasteiger partial charge in [-0.05, 0) is 30.2 Å². The highest BCUT2D eigenvalue weighted by molar-refractivity contribution is 8.01. The summed E-state index contributed by atoms with van der Waals surface area (Å²) in [5.41, 5.74) is 1.87. The summed E-state index contributed by atoms with van der Waals surface area (Å²) in [6, 6.07) is 7.70. The average Bonchev–Trinajstić information content (AvgIpc) is 3.43. The lowest BCUT2D eigenvalue weighted by Gasteiger charge is -2.18. The van der Waals surface area contributed by atoms with Crippen LogP contribution < -0.4 is 19.6 Å². The molecular formula is C18H19N5O4S2. The van der Waals surface area contributed by atoms with Gasteiger partial charge in [0.2, 0.25) is 5.27 Å². The Morgan fingerprint density at radius 3 is 2.90 bits per heavy atom. The van der Waals surface area contributed by atoms with Gasteiger partial charge in [0.05, 0.1) is 43.9 Å². The number of aliphatic imine (C=N–C) groups is 1. The van der Waals surface area contributed by atoms with E-state index in [0.717, 1.165) is 21.3 Å². The molecule has 0 amide bonds. The fourth-order valence-electron chi connectivity index (χ4n) is 2.67. The average molecular weight is 434 g/mol. The maximum absolute atomic E-state index is 12.2. The molecule has 0 saturated carbocycles. The third kappa shape index (κ3) is 5.05. The molecular weight excluding hydrogens is 414 g/mol. The Hall–Kier alpha value is -2.63. The molecule has 0 atom stereocenters. The maximum atomic E-state index is 12.2. The van der Waals surface area contributed by atoms with E-state index in [1.165, 1.54) is 23.1 Å². The highest BCUT2D eigenvalue weighted by Crippen LogP contribution is 2.29. The number of rotatable bonds is 7. The molecule has 1 aromatic carbocycles. The van der Waals surface area contributed by atoms with Gasteiger partial charge in [0, 0.05) is 16.7 Å². The molecule has 0 spiro atoms. The zero-order valence-electron chi connectivity index (χ0n) is 15.7. The maximum Gasteiger partial charge on any atom is 0.324 e. The first-order chi connectivity index (χ1) is 14.2. The zero-order valence-corrected chi connectivity index (χ0v) is 17.3. The largest absolute Gasteiger partial charge is 0.861 e. The monoisotopic (exact) mass is 433 g/mol. The minimum absolute atomic E-state index is 0.174. The van der Waals surface area contributed by atoms with Crippen molar-refractivity contribution in [3.63, 3.8) is 0 Å². The molecule has 1 aliphatic heterocycles. The summed E-state index contributed by atoms with van der Waals surface area (Å²) in [5.74, 6) is 0.850. The van der Waals surface area contributed by atoms with Crippen LogP contribution in [0.2, 0.25) is 0 Å². The number of hydrogen-bond donors (Lipinski definition) is 0. The van der Waals surface area contributed by atoms with Crippen LogP contribution >= 0.6 is 23.1 Å². The number of thioether (sulfide) groups is 1. The van der Waals surface area contributed by atoms with E-state index in [1.54, 1.807) is 18.1 Å². The van der Waals surface area contributed by atoms with Crippen molar-refractivity contribution in [2.75, 3.05) is 44.2 Å². The molecule has 4 rings (SSSR count). The molecule has 1 saturated heterocycles. The molecule has 9 nitrogen and oxygen atoms in total. The highest BCUT2D eigenvalue weighted by Gasteiger charge is 2.22. The molecule has 11 heteroatoms. The van der Waals surface area contributed by atoms with Crippen LogP contribution in [0, 0.1) is 0 Å². The summed E-state index contributed by atoms with van der Waals surface area (Å²) in [6.07, 6.45) is 1.60. The van der Waals surface area contributed by atoms with Gasteiger partial charge in [0.25, 0.3) is 6.20 Å². The second kappa shape index (κ2) is 9.25. The third-order valence-corrected chi connectivity index (χ3v) is 6.15. The number of ether oxygens (including phenoxy) is 2. The summed E-state index contributed by atoms with van der Waals surface area (Å²) in [7, 11) is 1.63. The van der Waals surface area contributed by atoms with Crippen molar-refractivity contribution in [2.24, 2.45) is 4.99 Å². The zero-order chi connectivity index (χ0) is 20.1. The van der Waals surface area contributed by atoms with Crippen molar-refractivity contribution in [1.29, 1.82) is 0 Å². The Kier molecular flexibility index (Phi) is 6.27. The van der Waals surface area contributed by atoms with Gasteiger partial charge in [-0.15, -0.1) is 16.3 Å². The highest BCUT2D eigenvalue weighted by atomic mass is 32.2. The second-order valence-electron chi connectivity index (χ2n) is 6.05. The number of nitrogens with zero attached hydrogens (tertiary/aromatic N) is 5. The Labute approximate surface area is 175 Å². The number of thiazole rings is 1. The standard InChI is InChI=1S/C18H19N5O4S2/c1-25-14-4-2-13(3-5-14)15-11-28-18(19-15)29-12-16(24)20-17-10-23(21-27-17)22-6-8-26-9-7-22/h2-5,10-11H,6-9,12H2,1H3. The van der Waals surface area contributed by atoms with E-state index in [2.05, 4.69) is 15.2 Å². The molecule has 1 fully saturated rings. The fraction of sp³-hybridized carbons (Fsp3) is 0.333. The second-order valence-corrected chi connectivity index (χ2v) is 8.13.